The Kier molecular flexibility index (Phi) is 5.11. The van der Waals surface area contributed by atoms with Gasteiger partial charge in [-0.1, -0.05) is 19.3 Å². The highest BCUT2D eigenvalue weighted by atomic mass is 15.2. The molecule has 2 aliphatic rings. The van der Waals surface area contributed by atoms with Gasteiger partial charge in [-0.3, -0.25) is 0 Å². The molecule has 0 unspecified atom stereocenters. The number of anilines is 3. The van der Waals surface area contributed by atoms with Crippen molar-refractivity contribution in [1.29, 1.82) is 0 Å². The predicted octanol–water partition coefficient (Wildman–Crippen LogP) is 4.13. The van der Waals surface area contributed by atoms with E-state index in [1.165, 1.54) is 54.1 Å². The zero-order chi connectivity index (χ0) is 21.3. The first-order chi connectivity index (χ1) is 15.8. The molecule has 32 heavy (non-hydrogen) atoms. The van der Waals surface area contributed by atoms with Crippen LogP contribution in [0.2, 0.25) is 0 Å². The summed E-state index contributed by atoms with van der Waals surface area (Å²) in [4.78, 5) is 18.6. The van der Waals surface area contributed by atoms with Crippen LogP contribution < -0.4 is 20.5 Å². The summed E-state index contributed by atoms with van der Waals surface area (Å²) in [5.41, 5.74) is 5.63. The molecule has 4 aromatic rings. The Morgan fingerprint density at radius 3 is 2.69 bits per heavy atom. The fraction of sp³-hybridized carbons (Fsp3) is 0.400. The van der Waals surface area contributed by atoms with Gasteiger partial charge in [0, 0.05) is 42.5 Å². The maximum absolute atomic E-state index is 4.72. The van der Waals surface area contributed by atoms with Crippen molar-refractivity contribution in [2.24, 2.45) is 0 Å². The van der Waals surface area contributed by atoms with E-state index in [4.69, 9.17) is 4.98 Å². The van der Waals surface area contributed by atoms with Crippen LogP contribution in [0.1, 0.15) is 43.6 Å². The van der Waals surface area contributed by atoms with Crippen LogP contribution in [0.25, 0.3) is 21.9 Å². The molecule has 2 fully saturated rings. The first kappa shape index (κ1) is 19.5. The molecule has 0 amide bonds. The summed E-state index contributed by atoms with van der Waals surface area (Å²) in [6.45, 7) is 4.10. The zero-order valence-electron chi connectivity index (χ0n) is 18.3. The number of hydrogen-bond donors (Lipinski definition) is 3. The van der Waals surface area contributed by atoms with Gasteiger partial charge < -0.3 is 20.5 Å². The Morgan fingerprint density at radius 1 is 1.00 bits per heavy atom. The van der Waals surface area contributed by atoms with E-state index in [0.717, 1.165) is 48.8 Å². The molecule has 0 spiro atoms. The minimum absolute atomic E-state index is 0.624. The molecule has 0 atom stereocenters. The van der Waals surface area contributed by atoms with Gasteiger partial charge in [0.1, 0.15) is 17.0 Å². The monoisotopic (exact) mass is 428 g/mol. The number of aromatic amines is 2. The first-order valence-corrected chi connectivity index (χ1v) is 11.9. The Labute approximate surface area is 187 Å². The van der Waals surface area contributed by atoms with Crippen LogP contribution in [-0.4, -0.2) is 41.1 Å². The lowest BCUT2D eigenvalue weighted by Crippen LogP contribution is -2.43. The van der Waals surface area contributed by atoms with E-state index in [2.05, 4.69) is 54.9 Å². The number of hydrogen-bond acceptors (Lipinski definition) is 5. The lowest BCUT2D eigenvalue weighted by Gasteiger charge is -2.29. The second-order valence-electron chi connectivity index (χ2n) is 9.04. The molecular weight excluding hydrogens is 398 g/mol. The Hall–Kier alpha value is -3.19. The van der Waals surface area contributed by atoms with Crippen molar-refractivity contribution in [1.82, 2.24) is 20.3 Å². The molecule has 0 aromatic carbocycles. The third kappa shape index (κ3) is 3.66. The fourth-order valence-corrected chi connectivity index (χ4v) is 5.32. The lowest BCUT2D eigenvalue weighted by molar-refractivity contribution is -0.376. The average Bonchev–Trinajstić information content (AvgIpc) is 3.24. The van der Waals surface area contributed by atoms with E-state index < -0.39 is 0 Å². The van der Waals surface area contributed by atoms with E-state index in [1.54, 1.807) is 0 Å². The van der Waals surface area contributed by atoms with E-state index in [-0.39, 0.29) is 0 Å². The highest BCUT2D eigenvalue weighted by molar-refractivity contribution is 6.08. The van der Waals surface area contributed by atoms with Crippen LogP contribution in [0, 0.1) is 0 Å². The topological polar surface area (TPSA) is 83.0 Å². The molecule has 7 nitrogen and oxygen atoms in total. The van der Waals surface area contributed by atoms with Gasteiger partial charge in [-0.15, -0.1) is 0 Å². The van der Waals surface area contributed by atoms with Crippen LogP contribution in [0.4, 0.5) is 17.2 Å². The summed E-state index contributed by atoms with van der Waals surface area (Å²) >= 11 is 0. The Morgan fingerprint density at radius 2 is 1.88 bits per heavy atom. The summed E-state index contributed by atoms with van der Waals surface area (Å²) in [7, 11) is 0. The molecule has 1 saturated heterocycles. The molecule has 164 valence electrons. The maximum atomic E-state index is 4.72. The van der Waals surface area contributed by atoms with Crippen molar-refractivity contribution in [2.45, 2.75) is 38.0 Å². The quantitative estimate of drug-likeness (QED) is 0.455. The molecule has 5 heterocycles. The van der Waals surface area contributed by atoms with Gasteiger partial charge in [0.15, 0.2) is 12.4 Å². The third-order valence-corrected chi connectivity index (χ3v) is 6.98. The van der Waals surface area contributed by atoms with Crippen LogP contribution >= 0.6 is 0 Å². The number of fused-ring (bicyclic) bond motifs is 3. The molecule has 1 aliphatic heterocycles. The summed E-state index contributed by atoms with van der Waals surface area (Å²) < 4.78 is 0. The summed E-state index contributed by atoms with van der Waals surface area (Å²) in [6.07, 6.45) is 14.6. The number of aromatic nitrogens is 4. The second kappa shape index (κ2) is 8.39. The molecule has 6 rings (SSSR count). The number of pyridine rings is 3. The predicted molar refractivity (Wildman–Crippen MR) is 129 cm³/mol. The van der Waals surface area contributed by atoms with Crippen molar-refractivity contribution < 1.29 is 4.98 Å². The normalized spacial score (nSPS) is 17.8. The highest BCUT2D eigenvalue weighted by Gasteiger charge is 2.22. The smallest absolute Gasteiger partial charge is 0.191 e. The molecule has 7 heteroatoms. The summed E-state index contributed by atoms with van der Waals surface area (Å²) in [5, 5.41) is 9.33. The van der Waals surface area contributed by atoms with Gasteiger partial charge in [-0.25, -0.2) is 15.0 Å². The molecular formula is C25H30N7+. The summed E-state index contributed by atoms with van der Waals surface area (Å²) in [6, 6.07) is 6.41. The number of piperazine rings is 1. The van der Waals surface area contributed by atoms with E-state index in [1.807, 2.05) is 18.6 Å². The van der Waals surface area contributed by atoms with Crippen molar-refractivity contribution >= 4 is 39.1 Å². The van der Waals surface area contributed by atoms with Gasteiger partial charge in [0.25, 0.3) is 0 Å². The van der Waals surface area contributed by atoms with Crippen LogP contribution in [0.15, 0.2) is 43.0 Å². The third-order valence-electron chi connectivity index (χ3n) is 6.98. The van der Waals surface area contributed by atoms with Crippen molar-refractivity contribution in [3.63, 3.8) is 0 Å². The number of rotatable bonds is 4. The van der Waals surface area contributed by atoms with Gasteiger partial charge in [0.2, 0.25) is 0 Å². The molecule has 0 radical (unpaired) electrons. The fourth-order valence-electron chi connectivity index (χ4n) is 5.32. The second-order valence-corrected chi connectivity index (χ2v) is 9.04. The first-order valence-electron chi connectivity index (χ1n) is 11.9. The van der Waals surface area contributed by atoms with Crippen molar-refractivity contribution in [3.05, 3.63) is 48.5 Å². The van der Waals surface area contributed by atoms with Gasteiger partial charge >= 0.3 is 0 Å². The van der Waals surface area contributed by atoms with Crippen LogP contribution in [0.5, 0.6) is 0 Å². The molecule has 0 bridgehead atoms. The number of nitrogens with zero attached hydrogens (tertiary/aromatic N) is 3. The van der Waals surface area contributed by atoms with E-state index in [0.29, 0.717) is 5.92 Å². The molecule has 4 N–H and O–H groups in total. The van der Waals surface area contributed by atoms with Crippen molar-refractivity contribution in [2.75, 3.05) is 36.4 Å². The van der Waals surface area contributed by atoms with E-state index in [9.17, 15) is 0 Å². The molecule has 1 aliphatic carbocycles. The van der Waals surface area contributed by atoms with Crippen LogP contribution in [-0.2, 0) is 0 Å². The van der Waals surface area contributed by atoms with Crippen LogP contribution in [0.3, 0.4) is 0 Å². The Balaban J connectivity index is 1.31. The lowest BCUT2D eigenvalue weighted by atomic mass is 9.83. The molecule has 1 saturated carbocycles. The Bertz CT molecular complexity index is 1220. The van der Waals surface area contributed by atoms with Crippen molar-refractivity contribution in [3.8, 4) is 0 Å². The minimum atomic E-state index is 0.624. The maximum Gasteiger partial charge on any atom is 0.191 e. The van der Waals surface area contributed by atoms with Gasteiger partial charge in [-0.2, -0.15) is 0 Å². The van der Waals surface area contributed by atoms with E-state index >= 15 is 0 Å². The van der Waals surface area contributed by atoms with Gasteiger partial charge in [-0.05, 0) is 37.0 Å². The number of nitrogens with one attached hydrogen (secondary N) is 4. The minimum Gasteiger partial charge on any atom is -0.368 e. The summed E-state index contributed by atoms with van der Waals surface area (Å²) in [5.74, 6) is 1.46. The number of H-pyrrole nitrogens is 2. The average molecular weight is 429 g/mol. The highest BCUT2D eigenvalue weighted by Crippen LogP contribution is 2.38. The van der Waals surface area contributed by atoms with Gasteiger partial charge in [0.05, 0.1) is 23.8 Å². The largest absolute Gasteiger partial charge is 0.368 e. The SMILES string of the molecule is c1nc2[nH]c3c[nH+]cc(C4CCCCC4)c3c2cc1Nc1ccc(N2CCNCC2)cn1. The zero-order valence-corrected chi connectivity index (χ0v) is 18.3. The molecule has 4 aromatic heterocycles. The standard InChI is InChI=1S/C25H29N7/c1-2-4-17(5-3-1)21-15-27-16-22-24(21)20-12-18(13-29-25(20)31-22)30-23-7-6-19(14-28-23)32-10-8-26-9-11-32/h6-7,12-17,26H,1-5,8-11H2,(H,28,30)(H,29,31)/p+1.